The summed E-state index contributed by atoms with van der Waals surface area (Å²) in [6.45, 7) is 2.46. The maximum absolute atomic E-state index is 9.91. The summed E-state index contributed by atoms with van der Waals surface area (Å²) < 4.78 is 5.76. The summed E-state index contributed by atoms with van der Waals surface area (Å²) in [5.74, 6) is 1.12. The molecule has 0 aliphatic heterocycles. The number of aromatic hydroxyl groups is 1. The van der Waals surface area contributed by atoms with Gasteiger partial charge in [-0.05, 0) is 36.8 Å². The summed E-state index contributed by atoms with van der Waals surface area (Å²) in [4.78, 5) is 3.14. The number of rotatable bonds is 3. The Morgan fingerprint density at radius 3 is 2.84 bits per heavy atom. The molecular formula is C16H15NO2. The molecule has 0 radical (unpaired) electrons. The molecule has 0 saturated heterocycles. The van der Waals surface area contributed by atoms with Gasteiger partial charge in [0.1, 0.15) is 18.1 Å². The van der Waals surface area contributed by atoms with Crippen LogP contribution in [0.1, 0.15) is 11.1 Å². The third-order valence-electron chi connectivity index (χ3n) is 3.15. The van der Waals surface area contributed by atoms with Crippen molar-refractivity contribution in [1.82, 2.24) is 4.98 Å². The summed E-state index contributed by atoms with van der Waals surface area (Å²) >= 11 is 0. The average molecular weight is 253 g/mol. The molecule has 3 rings (SSSR count). The fraction of sp³-hybridized carbons (Fsp3) is 0.125. The number of aryl methyl sites for hydroxylation is 1. The van der Waals surface area contributed by atoms with Crippen molar-refractivity contribution in [3.8, 4) is 11.5 Å². The van der Waals surface area contributed by atoms with Gasteiger partial charge in [-0.2, -0.15) is 0 Å². The quantitative estimate of drug-likeness (QED) is 0.746. The third-order valence-corrected chi connectivity index (χ3v) is 3.15. The monoisotopic (exact) mass is 253 g/mol. The second-order valence-electron chi connectivity index (χ2n) is 4.62. The summed E-state index contributed by atoms with van der Waals surface area (Å²) in [7, 11) is 0. The minimum atomic E-state index is 0.279. The van der Waals surface area contributed by atoms with E-state index in [1.54, 1.807) is 6.07 Å². The van der Waals surface area contributed by atoms with Crippen LogP contribution in [0.3, 0.4) is 0 Å². The predicted octanol–water partition coefficient (Wildman–Crippen LogP) is 3.76. The highest BCUT2D eigenvalue weighted by Crippen LogP contribution is 2.28. The van der Waals surface area contributed by atoms with E-state index >= 15 is 0 Å². The summed E-state index contributed by atoms with van der Waals surface area (Å²) in [6.07, 6.45) is 1.88. The van der Waals surface area contributed by atoms with Crippen molar-refractivity contribution < 1.29 is 9.84 Å². The SMILES string of the molecule is Cc1cccc(OCc2c[nH]c3cccc(O)c23)c1. The van der Waals surface area contributed by atoms with E-state index in [0.717, 1.165) is 22.2 Å². The zero-order chi connectivity index (χ0) is 13.2. The van der Waals surface area contributed by atoms with Crippen molar-refractivity contribution in [1.29, 1.82) is 0 Å². The molecular weight excluding hydrogens is 238 g/mol. The molecule has 1 heterocycles. The first-order chi connectivity index (χ1) is 9.24. The van der Waals surface area contributed by atoms with Crippen LogP contribution in [0.5, 0.6) is 11.5 Å². The highest BCUT2D eigenvalue weighted by Gasteiger charge is 2.08. The zero-order valence-electron chi connectivity index (χ0n) is 10.7. The van der Waals surface area contributed by atoms with Gasteiger partial charge >= 0.3 is 0 Å². The van der Waals surface area contributed by atoms with Gasteiger partial charge in [0.05, 0.1) is 0 Å². The summed E-state index contributed by atoms with van der Waals surface area (Å²) in [6, 6.07) is 13.4. The van der Waals surface area contributed by atoms with E-state index in [2.05, 4.69) is 4.98 Å². The Labute approximate surface area is 111 Å². The van der Waals surface area contributed by atoms with Crippen LogP contribution in [0.15, 0.2) is 48.7 Å². The number of hydrogen-bond donors (Lipinski definition) is 2. The lowest BCUT2D eigenvalue weighted by Crippen LogP contribution is -1.94. The molecule has 0 atom stereocenters. The smallest absolute Gasteiger partial charge is 0.125 e. The Bertz CT molecular complexity index is 716. The molecule has 96 valence electrons. The minimum absolute atomic E-state index is 0.279. The van der Waals surface area contributed by atoms with Crippen LogP contribution >= 0.6 is 0 Å². The molecule has 0 unspecified atom stereocenters. The number of phenols is 1. The first-order valence-electron chi connectivity index (χ1n) is 6.21. The van der Waals surface area contributed by atoms with Crippen LogP contribution in [-0.4, -0.2) is 10.1 Å². The van der Waals surface area contributed by atoms with Crippen LogP contribution in [0, 0.1) is 6.92 Å². The Hall–Kier alpha value is -2.42. The van der Waals surface area contributed by atoms with Gasteiger partial charge in [0.25, 0.3) is 0 Å². The van der Waals surface area contributed by atoms with Crippen LogP contribution in [-0.2, 0) is 6.61 Å². The van der Waals surface area contributed by atoms with Crippen molar-refractivity contribution in [2.24, 2.45) is 0 Å². The number of nitrogens with one attached hydrogen (secondary N) is 1. The van der Waals surface area contributed by atoms with Gasteiger partial charge in [-0.25, -0.2) is 0 Å². The molecule has 2 N–H and O–H groups in total. The van der Waals surface area contributed by atoms with E-state index < -0.39 is 0 Å². The molecule has 2 aromatic carbocycles. The Morgan fingerprint density at radius 1 is 1.16 bits per heavy atom. The van der Waals surface area contributed by atoms with E-state index in [4.69, 9.17) is 4.74 Å². The molecule has 3 heteroatoms. The number of hydrogen-bond acceptors (Lipinski definition) is 2. The van der Waals surface area contributed by atoms with Gasteiger partial charge in [-0.1, -0.05) is 18.2 Å². The van der Waals surface area contributed by atoms with Crippen LogP contribution < -0.4 is 4.74 Å². The molecule has 0 aliphatic carbocycles. The van der Waals surface area contributed by atoms with Gasteiger partial charge in [0.2, 0.25) is 0 Å². The molecule has 0 amide bonds. The molecule has 19 heavy (non-hydrogen) atoms. The number of H-pyrrole nitrogens is 1. The number of fused-ring (bicyclic) bond motifs is 1. The number of benzene rings is 2. The highest BCUT2D eigenvalue weighted by atomic mass is 16.5. The van der Waals surface area contributed by atoms with Crippen molar-refractivity contribution in [2.75, 3.05) is 0 Å². The number of aromatic nitrogens is 1. The predicted molar refractivity (Wildman–Crippen MR) is 75.5 cm³/mol. The standard InChI is InChI=1S/C16H15NO2/c1-11-4-2-5-13(8-11)19-10-12-9-17-14-6-3-7-15(18)16(12)14/h2-9,17-18H,10H2,1H3. The largest absolute Gasteiger partial charge is 0.507 e. The van der Waals surface area contributed by atoms with Crippen molar-refractivity contribution in [3.63, 3.8) is 0 Å². The molecule has 3 aromatic rings. The lowest BCUT2D eigenvalue weighted by atomic mass is 10.1. The van der Waals surface area contributed by atoms with E-state index in [9.17, 15) is 5.11 Å². The Balaban J connectivity index is 1.86. The van der Waals surface area contributed by atoms with Gasteiger partial charge in [0.15, 0.2) is 0 Å². The molecule has 0 saturated carbocycles. The van der Waals surface area contributed by atoms with E-state index in [1.807, 2.05) is 49.5 Å². The van der Waals surface area contributed by atoms with Crippen molar-refractivity contribution >= 4 is 10.9 Å². The maximum atomic E-state index is 9.91. The van der Waals surface area contributed by atoms with Gasteiger partial charge in [0, 0.05) is 22.7 Å². The second-order valence-corrected chi connectivity index (χ2v) is 4.62. The van der Waals surface area contributed by atoms with Crippen molar-refractivity contribution in [3.05, 3.63) is 59.8 Å². The van der Waals surface area contributed by atoms with Gasteiger partial charge < -0.3 is 14.8 Å². The number of phenolic OH excluding ortho intramolecular Hbond substituents is 1. The lowest BCUT2D eigenvalue weighted by molar-refractivity contribution is 0.307. The van der Waals surface area contributed by atoms with Gasteiger partial charge in [-0.3, -0.25) is 0 Å². The summed E-state index contributed by atoms with van der Waals surface area (Å²) in [5, 5.41) is 10.7. The fourth-order valence-electron chi connectivity index (χ4n) is 2.21. The first kappa shape index (κ1) is 11.7. The van der Waals surface area contributed by atoms with Crippen LogP contribution in [0.25, 0.3) is 10.9 Å². The molecule has 0 spiro atoms. The lowest BCUT2D eigenvalue weighted by Gasteiger charge is -2.06. The number of aromatic amines is 1. The highest BCUT2D eigenvalue weighted by molar-refractivity contribution is 5.88. The van der Waals surface area contributed by atoms with Crippen LogP contribution in [0.4, 0.5) is 0 Å². The minimum Gasteiger partial charge on any atom is -0.507 e. The molecule has 1 aromatic heterocycles. The first-order valence-corrected chi connectivity index (χ1v) is 6.21. The zero-order valence-corrected chi connectivity index (χ0v) is 10.7. The molecule has 0 aliphatic rings. The molecule has 0 bridgehead atoms. The van der Waals surface area contributed by atoms with E-state index in [1.165, 1.54) is 5.56 Å². The Morgan fingerprint density at radius 2 is 2.00 bits per heavy atom. The van der Waals surface area contributed by atoms with Crippen LogP contribution in [0.2, 0.25) is 0 Å². The number of ether oxygens (including phenoxy) is 1. The topological polar surface area (TPSA) is 45.2 Å². The Kier molecular flexibility index (Phi) is 2.88. The van der Waals surface area contributed by atoms with E-state index in [-0.39, 0.29) is 5.75 Å². The summed E-state index contributed by atoms with van der Waals surface area (Å²) in [5.41, 5.74) is 3.04. The second kappa shape index (κ2) is 4.69. The average Bonchev–Trinajstić information content (AvgIpc) is 2.81. The third kappa shape index (κ3) is 2.27. The van der Waals surface area contributed by atoms with Gasteiger partial charge in [-0.15, -0.1) is 0 Å². The molecule has 3 nitrogen and oxygen atoms in total. The fourth-order valence-corrected chi connectivity index (χ4v) is 2.21. The normalized spacial score (nSPS) is 10.8. The van der Waals surface area contributed by atoms with Crippen molar-refractivity contribution in [2.45, 2.75) is 13.5 Å². The molecule has 0 fully saturated rings. The maximum Gasteiger partial charge on any atom is 0.125 e. The van der Waals surface area contributed by atoms with E-state index in [0.29, 0.717) is 6.61 Å².